The molecule has 1 aliphatic rings. The number of non-ortho nitro benzene ring substituents is 1. The van der Waals surface area contributed by atoms with E-state index in [4.69, 9.17) is 4.74 Å². The molecule has 0 bridgehead atoms. The van der Waals surface area contributed by atoms with E-state index in [1.54, 1.807) is 12.1 Å². The summed E-state index contributed by atoms with van der Waals surface area (Å²) in [6, 6.07) is 4.71. The molecule has 1 fully saturated rings. The molecule has 0 spiro atoms. The van der Waals surface area contributed by atoms with Gasteiger partial charge in [-0.1, -0.05) is 11.8 Å². The van der Waals surface area contributed by atoms with Crippen LogP contribution >= 0.6 is 11.8 Å². The van der Waals surface area contributed by atoms with E-state index in [0.29, 0.717) is 17.4 Å². The lowest BCUT2D eigenvalue weighted by Crippen LogP contribution is -2.07. The molecule has 1 heterocycles. The van der Waals surface area contributed by atoms with Crippen LogP contribution in [0.3, 0.4) is 0 Å². The Labute approximate surface area is 144 Å². The van der Waals surface area contributed by atoms with Gasteiger partial charge in [-0.3, -0.25) is 10.1 Å². The normalized spacial score (nSPS) is 14.2. The first-order valence-electron chi connectivity index (χ1n) is 7.91. The summed E-state index contributed by atoms with van der Waals surface area (Å²) >= 11 is 1.51. The van der Waals surface area contributed by atoms with E-state index in [1.807, 2.05) is 25.5 Å². The second-order valence-corrected chi connectivity index (χ2v) is 7.12. The lowest BCUT2D eigenvalue weighted by molar-refractivity contribution is -0.384. The summed E-state index contributed by atoms with van der Waals surface area (Å²) in [4.78, 5) is 10.6. The summed E-state index contributed by atoms with van der Waals surface area (Å²) in [7, 11) is 1.97. The number of benzene rings is 1. The van der Waals surface area contributed by atoms with Crippen LogP contribution in [0.4, 0.5) is 5.69 Å². The first kappa shape index (κ1) is 16.8. The number of hydrogen-bond donors (Lipinski definition) is 0. The molecule has 1 aromatic heterocycles. The van der Waals surface area contributed by atoms with Crippen molar-refractivity contribution in [3.63, 3.8) is 0 Å². The summed E-state index contributed by atoms with van der Waals surface area (Å²) in [6.45, 7) is 3.87. The van der Waals surface area contributed by atoms with Crippen molar-refractivity contribution in [1.29, 1.82) is 0 Å². The molecular weight excluding hydrogens is 328 g/mol. The molecule has 0 amide bonds. The van der Waals surface area contributed by atoms with E-state index in [2.05, 4.69) is 10.2 Å². The molecule has 0 N–H and O–H groups in total. The largest absolute Gasteiger partial charge is 0.491 e. The predicted molar refractivity (Wildman–Crippen MR) is 91.4 cm³/mol. The zero-order valence-corrected chi connectivity index (χ0v) is 14.7. The predicted octanol–water partition coefficient (Wildman–Crippen LogP) is 3.68. The maximum absolute atomic E-state index is 11.0. The number of nitrogens with zero attached hydrogens (tertiary/aromatic N) is 4. The Morgan fingerprint density at radius 1 is 1.42 bits per heavy atom. The van der Waals surface area contributed by atoms with E-state index < -0.39 is 0 Å². The standard InChI is InChI=1S/C16H20N4O3S/c1-10(2)23-14-7-6-13(20(21)22)8-12(14)9-24-16-18-17-15(19(16)3)11-4-5-11/h6-8,10-11H,4-5,9H2,1-3H3. The molecule has 0 atom stereocenters. The molecule has 8 heteroatoms. The third kappa shape index (κ3) is 3.69. The molecule has 1 aromatic carbocycles. The summed E-state index contributed by atoms with van der Waals surface area (Å²) in [5, 5.41) is 20.4. The topological polar surface area (TPSA) is 83.1 Å². The van der Waals surface area contributed by atoms with Gasteiger partial charge in [-0.05, 0) is 32.8 Å². The lowest BCUT2D eigenvalue weighted by Gasteiger charge is -2.14. The minimum Gasteiger partial charge on any atom is -0.491 e. The number of nitro benzene ring substituents is 1. The molecule has 2 aromatic rings. The van der Waals surface area contributed by atoms with Gasteiger partial charge < -0.3 is 9.30 Å². The average Bonchev–Trinajstić information content (AvgIpc) is 3.30. The monoisotopic (exact) mass is 348 g/mol. The number of aromatic nitrogens is 3. The average molecular weight is 348 g/mol. The molecule has 1 aliphatic carbocycles. The minimum atomic E-state index is -0.388. The van der Waals surface area contributed by atoms with Crippen LogP contribution in [0.2, 0.25) is 0 Å². The Morgan fingerprint density at radius 2 is 2.17 bits per heavy atom. The molecule has 128 valence electrons. The third-order valence-electron chi connectivity index (χ3n) is 3.79. The lowest BCUT2D eigenvalue weighted by atomic mass is 10.2. The zero-order valence-electron chi connectivity index (χ0n) is 13.9. The first-order chi connectivity index (χ1) is 11.5. The van der Waals surface area contributed by atoms with Crippen LogP contribution in [0.15, 0.2) is 23.4 Å². The fourth-order valence-corrected chi connectivity index (χ4v) is 3.35. The van der Waals surface area contributed by atoms with E-state index in [-0.39, 0.29) is 16.7 Å². The number of thioether (sulfide) groups is 1. The van der Waals surface area contributed by atoms with Gasteiger partial charge in [0.05, 0.1) is 11.0 Å². The first-order valence-corrected chi connectivity index (χ1v) is 8.90. The van der Waals surface area contributed by atoms with E-state index in [1.165, 1.54) is 30.7 Å². The molecule has 3 rings (SSSR count). The number of rotatable bonds is 7. The number of hydrogen-bond acceptors (Lipinski definition) is 6. The second kappa shape index (κ2) is 6.80. The summed E-state index contributed by atoms with van der Waals surface area (Å²) < 4.78 is 7.79. The molecular formula is C16H20N4O3S. The summed E-state index contributed by atoms with van der Waals surface area (Å²) in [5.74, 6) is 2.78. The molecule has 0 aliphatic heterocycles. The van der Waals surface area contributed by atoms with Crippen LogP contribution in [-0.2, 0) is 12.8 Å². The van der Waals surface area contributed by atoms with Crippen LogP contribution in [0.5, 0.6) is 5.75 Å². The van der Waals surface area contributed by atoms with Crippen LogP contribution in [0, 0.1) is 10.1 Å². The maximum atomic E-state index is 11.0. The highest BCUT2D eigenvalue weighted by Gasteiger charge is 2.29. The summed E-state index contributed by atoms with van der Waals surface area (Å²) in [6.07, 6.45) is 2.36. The Kier molecular flexibility index (Phi) is 4.75. The fourth-order valence-electron chi connectivity index (χ4n) is 2.45. The van der Waals surface area contributed by atoms with Gasteiger partial charge in [-0.15, -0.1) is 10.2 Å². The van der Waals surface area contributed by atoms with Crippen molar-refractivity contribution in [1.82, 2.24) is 14.8 Å². The zero-order chi connectivity index (χ0) is 17.3. The van der Waals surface area contributed by atoms with Gasteiger partial charge in [0.15, 0.2) is 5.16 Å². The van der Waals surface area contributed by atoms with Gasteiger partial charge in [0, 0.05) is 36.4 Å². The van der Waals surface area contributed by atoms with Crippen LogP contribution < -0.4 is 4.74 Å². The van der Waals surface area contributed by atoms with Crippen LogP contribution in [0.25, 0.3) is 0 Å². The Balaban J connectivity index is 1.79. The van der Waals surface area contributed by atoms with E-state index in [9.17, 15) is 10.1 Å². The fraction of sp³-hybridized carbons (Fsp3) is 0.500. The van der Waals surface area contributed by atoms with Crippen molar-refractivity contribution >= 4 is 17.4 Å². The van der Waals surface area contributed by atoms with Gasteiger partial charge in [0.2, 0.25) is 0 Å². The van der Waals surface area contributed by atoms with Crippen LogP contribution in [-0.4, -0.2) is 25.8 Å². The van der Waals surface area contributed by atoms with Gasteiger partial charge in [-0.25, -0.2) is 0 Å². The SMILES string of the molecule is CC(C)Oc1ccc([N+](=O)[O-])cc1CSc1nnc(C2CC2)n1C. The Bertz CT molecular complexity index is 756. The molecule has 1 saturated carbocycles. The molecule has 0 radical (unpaired) electrons. The van der Waals surface area contributed by atoms with Crippen LogP contribution in [0.1, 0.15) is 44.0 Å². The molecule has 0 saturated heterocycles. The van der Waals surface area contributed by atoms with Gasteiger partial charge >= 0.3 is 0 Å². The smallest absolute Gasteiger partial charge is 0.270 e. The highest BCUT2D eigenvalue weighted by atomic mass is 32.2. The van der Waals surface area contributed by atoms with Crippen molar-refractivity contribution in [3.05, 3.63) is 39.7 Å². The van der Waals surface area contributed by atoms with Crippen molar-refractivity contribution in [3.8, 4) is 5.75 Å². The molecule has 0 unspecified atom stereocenters. The summed E-state index contributed by atoms with van der Waals surface area (Å²) in [5.41, 5.74) is 0.859. The van der Waals surface area contributed by atoms with Crippen molar-refractivity contribution in [2.24, 2.45) is 7.05 Å². The van der Waals surface area contributed by atoms with E-state index in [0.717, 1.165) is 16.5 Å². The number of ether oxygens (including phenoxy) is 1. The van der Waals surface area contributed by atoms with Crippen molar-refractivity contribution < 1.29 is 9.66 Å². The number of nitro groups is 1. The quantitative estimate of drug-likeness (QED) is 0.431. The van der Waals surface area contributed by atoms with Gasteiger partial charge in [0.1, 0.15) is 11.6 Å². The maximum Gasteiger partial charge on any atom is 0.270 e. The van der Waals surface area contributed by atoms with Gasteiger partial charge in [-0.2, -0.15) is 0 Å². The van der Waals surface area contributed by atoms with Gasteiger partial charge in [0.25, 0.3) is 5.69 Å². The Morgan fingerprint density at radius 3 is 2.79 bits per heavy atom. The molecule has 7 nitrogen and oxygen atoms in total. The highest BCUT2D eigenvalue weighted by molar-refractivity contribution is 7.98. The van der Waals surface area contributed by atoms with Crippen molar-refractivity contribution in [2.45, 2.75) is 49.6 Å². The third-order valence-corrected chi connectivity index (χ3v) is 4.85. The molecule has 24 heavy (non-hydrogen) atoms. The van der Waals surface area contributed by atoms with Crippen molar-refractivity contribution in [2.75, 3.05) is 0 Å². The minimum absolute atomic E-state index is 0.00602. The van der Waals surface area contributed by atoms with E-state index >= 15 is 0 Å². The highest BCUT2D eigenvalue weighted by Crippen LogP contribution is 2.40. The Hall–Kier alpha value is -2.09. The second-order valence-electron chi connectivity index (χ2n) is 6.18.